The Kier molecular flexibility index (Phi) is 8.49. The van der Waals surface area contributed by atoms with E-state index < -0.39 is 36.2 Å². The molecule has 262 valence electrons. The number of amides is 2. The fraction of sp³-hybridized carbons (Fsp3) is 0.675. The summed E-state index contributed by atoms with van der Waals surface area (Å²) in [5.74, 6) is -0.180. The SMILES string of the molecule is C=C(C)C1CCC2(NC(=O)NC(CO)C(=O)O)CCC3(C)C(CCC4C5(C)CC=C(c6ccc(C(=O)O)cc6)C(C)(C)C5CCC43C)C12. The number of hydrogen-bond donors (Lipinski definition) is 5. The minimum absolute atomic E-state index is 0.0608. The number of benzene rings is 1. The van der Waals surface area contributed by atoms with Gasteiger partial charge in [0.15, 0.2) is 6.04 Å². The van der Waals surface area contributed by atoms with Gasteiger partial charge >= 0.3 is 18.0 Å². The number of aliphatic hydroxyl groups excluding tert-OH is 1. The number of rotatable bonds is 7. The number of carbonyl (C=O) groups excluding carboxylic acids is 1. The van der Waals surface area contributed by atoms with Crippen molar-refractivity contribution in [1.29, 1.82) is 0 Å². The maximum atomic E-state index is 13.3. The molecule has 1 aromatic carbocycles. The fourth-order valence-electron chi connectivity index (χ4n) is 12.9. The number of aliphatic hydroxyl groups is 1. The molecule has 10 atom stereocenters. The summed E-state index contributed by atoms with van der Waals surface area (Å²) in [4.78, 5) is 36.4. The zero-order valence-electron chi connectivity index (χ0n) is 29.7. The Bertz CT molecular complexity index is 1530. The van der Waals surface area contributed by atoms with Crippen molar-refractivity contribution < 1.29 is 29.7 Å². The van der Waals surface area contributed by atoms with Crippen LogP contribution in [0.3, 0.4) is 0 Å². The molecular weight excluding hydrogens is 604 g/mol. The number of urea groups is 1. The zero-order valence-corrected chi connectivity index (χ0v) is 29.7. The molecule has 8 nitrogen and oxygen atoms in total. The molecule has 1 aromatic rings. The van der Waals surface area contributed by atoms with Gasteiger partial charge in [-0.15, -0.1) is 0 Å². The Balaban J connectivity index is 1.32. The van der Waals surface area contributed by atoms with Crippen LogP contribution in [0, 0.1) is 51.2 Å². The van der Waals surface area contributed by atoms with E-state index in [2.05, 4.69) is 64.8 Å². The lowest BCUT2D eigenvalue weighted by atomic mass is 9.33. The summed E-state index contributed by atoms with van der Waals surface area (Å²) in [7, 11) is 0. The Labute approximate surface area is 285 Å². The van der Waals surface area contributed by atoms with Crippen molar-refractivity contribution in [2.75, 3.05) is 6.61 Å². The quantitative estimate of drug-likeness (QED) is 0.192. The highest BCUT2D eigenvalue weighted by molar-refractivity contribution is 5.88. The number of aromatic carboxylic acids is 1. The van der Waals surface area contributed by atoms with Crippen molar-refractivity contribution in [3.63, 3.8) is 0 Å². The van der Waals surface area contributed by atoms with Crippen LogP contribution in [0.1, 0.15) is 115 Å². The van der Waals surface area contributed by atoms with Gasteiger partial charge in [0, 0.05) is 5.54 Å². The van der Waals surface area contributed by atoms with Crippen molar-refractivity contribution >= 4 is 23.5 Å². The lowest BCUT2D eigenvalue weighted by Gasteiger charge is -2.72. The molecule has 0 spiro atoms. The van der Waals surface area contributed by atoms with Crippen LogP contribution in [-0.4, -0.2) is 51.5 Å². The average Bonchev–Trinajstić information content (AvgIpc) is 3.39. The van der Waals surface area contributed by atoms with Crippen LogP contribution in [0.5, 0.6) is 0 Å². The maximum absolute atomic E-state index is 13.3. The lowest BCUT2D eigenvalue weighted by Crippen LogP contribution is -2.69. The number of carboxylic acids is 2. The first-order valence-corrected chi connectivity index (χ1v) is 18.1. The van der Waals surface area contributed by atoms with Crippen LogP contribution < -0.4 is 10.6 Å². The van der Waals surface area contributed by atoms with Gasteiger partial charge in [0.1, 0.15) is 0 Å². The molecule has 2 amide bonds. The van der Waals surface area contributed by atoms with Crippen molar-refractivity contribution in [2.45, 2.75) is 111 Å². The van der Waals surface area contributed by atoms with Crippen LogP contribution in [-0.2, 0) is 4.79 Å². The third kappa shape index (κ3) is 4.98. The van der Waals surface area contributed by atoms with Gasteiger partial charge in [0.2, 0.25) is 0 Å². The number of nitrogens with one attached hydrogen (secondary N) is 2. The second kappa shape index (κ2) is 11.7. The Hall–Kier alpha value is -3.13. The van der Waals surface area contributed by atoms with E-state index in [0.717, 1.165) is 68.9 Å². The molecular formula is C40H56N2O6. The van der Waals surface area contributed by atoms with Crippen LogP contribution in [0.2, 0.25) is 0 Å². The van der Waals surface area contributed by atoms with Crippen molar-refractivity contribution in [2.24, 2.45) is 51.2 Å². The van der Waals surface area contributed by atoms with E-state index in [1.165, 1.54) is 5.57 Å². The van der Waals surface area contributed by atoms with Gasteiger partial charge in [0.25, 0.3) is 0 Å². The topological polar surface area (TPSA) is 136 Å². The van der Waals surface area contributed by atoms with Crippen LogP contribution in [0.4, 0.5) is 4.79 Å². The molecule has 0 radical (unpaired) electrons. The van der Waals surface area contributed by atoms with Gasteiger partial charge in [-0.3, -0.25) is 0 Å². The van der Waals surface area contributed by atoms with E-state index in [1.54, 1.807) is 12.1 Å². The Morgan fingerprint density at radius 1 is 0.896 bits per heavy atom. The zero-order chi connectivity index (χ0) is 35.0. The normalized spacial score (nSPS) is 40.1. The molecule has 0 saturated heterocycles. The molecule has 10 unspecified atom stereocenters. The standard InChI is InChI=1S/C40H56N2O6/c1-23(2)26-14-19-40(42-35(48)41-29(22-43)34(46)47)21-20-38(6)28(32(26)40)12-13-31-37(5)17-15-27(24-8-10-25(11-9-24)33(44)45)36(3,4)30(37)16-18-39(31,38)7/h8-11,15,26,28-32,43H,1,12-14,16-22H2,2-7H3,(H,44,45)(H,46,47)(H2,41,42,48). The molecule has 5 aliphatic rings. The minimum Gasteiger partial charge on any atom is -0.480 e. The molecule has 0 aromatic heterocycles. The summed E-state index contributed by atoms with van der Waals surface area (Å²) in [6, 6.07) is 5.56. The predicted octanol–water partition coefficient (Wildman–Crippen LogP) is 7.53. The lowest BCUT2D eigenvalue weighted by molar-refractivity contribution is -0.218. The van der Waals surface area contributed by atoms with Gasteiger partial charge in [-0.05, 0) is 139 Å². The molecule has 0 aliphatic heterocycles. The monoisotopic (exact) mass is 660 g/mol. The largest absolute Gasteiger partial charge is 0.480 e. The molecule has 0 heterocycles. The molecule has 48 heavy (non-hydrogen) atoms. The van der Waals surface area contributed by atoms with E-state index in [-0.39, 0.29) is 27.6 Å². The molecule has 8 heteroatoms. The van der Waals surface area contributed by atoms with Gasteiger partial charge < -0.3 is 26.0 Å². The summed E-state index contributed by atoms with van der Waals surface area (Å²) in [6.07, 6.45) is 11.7. The highest BCUT2D eigenvalue weighted by atomic mass is 16.4. The molecule has 5 N–H and O–H groups in total. The molecule has 4 saturated carbocycles. The summed E-state index contributed by atoms with van der Waals surface area (Å²) in [6.45, 7) is 18.4. The van der Waals surface area contributed by atoms with E-state index in [4.69, 9.17) is 0 Å². The predicted molar refractivity (Wildman–Crippen MR) is 186 cm³/mol. The van der Waals surface area contributed by atoms with Gasteiger partial charge in [0.05, 0.1) is 12.2 Å². The third-order valence-corrected chi connectivity index (χ3v) is 15.2. The first kappa shape index (κ1) is 34.7. The molecule has 5 aliphatic carbocycles. The number of carbonyl (C=O) groups is 3. The number of allylic oxidation sites excluding steroid dienone is 3. The molecule has 6 rings (SSSR count). The highest BCUT2D eigenvalue weighted by Crippen LogP contribution is 2.76. The van der Waals surface area contributed by atoms with Crippen LogP contribution >= 0.6 is 0 Å². The first-order valence-electron chi connectivity index (χ1n) is 18.1. The Morgan fingerprint density at radius 3 is 2.19 bits per heavy atom. The summed E-state index contributed by atoms with van der Waals surface area (Å²) < 4.78 is 0. The summed E-state index contributed by atoms with van der Waals surface area (Å²) in [5, 5.41) is 34.3. The summed E-state index contributed by atoms with van der Waals surface area (Å²) in [5.41, 5.74) is 3.76. The highest BCUT2D eigenvalue weighted by Gasteiger charge is 2.70. The second-order valence-corrected chi connectivity index (χ2v) is 17.4. The van der Waals surface area contributed by atoms with Crippen LogP contribution in [0.25, 0.3) is 5.57 Å². The van der Waals surface area contributed by atoms with Crippen LogP contribution in [0.15, 0.2) is 42.5 Å². The summed E-state index contributed by atoms with van der Waals surface area (Å²) >= 11 is 0. The Morgan fingerprint density at radius 2 is 1.58 bits per heavy atom. The van der Waals surface area contributed by atoms with Gasteiger partial charge in [-0.25, -0.2) is 14.4 Å². The van der Waals surface area contributed by atoms with Gasteiger partial charge in [-0.1, -0.05) is 65.0 Å². The average molecular weight is 661 g/mol. The van der Waals surface area contributed by atoms with Crippen molar-refractivity contribution in [3.05, 3.63) is 53.6 Å². The van der Waals surface area contributed by atoms with E-state index in [0.29, 0.717) is 29.2 Å². The number of hydrogen-bond acceptors (Lipinski definition) is 4. The van der Waals surface area contributed by atoms with E-state index >= 15 is 0 Å². The van der Waals surface area contributed by atoms with Gasteiger partial charge in [-0.2, -0.15) is 0 Å². The fourth-order valence-corrected chi connectivity index (χ4v) is 12.9. The first-order chi connectivity index (χ1) is 22.4. The second-order valence-electron chi connectivity index (χ2n) is 17.4. The van der Waals surface area contributed by atoms with Crippen molar-refractivity contribution in [1.82, 2.24) is 10.6 Å². The number of aliphatic carboxylic acids is 1. The van der Waals surface area contributed by atoms with E-state index in [1.807, 2.05) is 12.1 Å². The number of fused-ring (bicyclic) bond motifs is 7. The smallest absolute Gasteiger partial charge is 0.335 e. The molecule has 0 bridgehead atoms. The number of carboxylic acid groups (broad SMARTS) is 2. The third-order valence-electron chi connectivity index (χ3n) is 15.2. The van der Waals surface area contributed by atoms with Crippen molar-refractivity contribution in [3.8, 4) is 0 Å². The maximum Gasteiger partial charge on any atom is 0.335 e. The van der Waals surface area contributed by atoms with E-state index in [9.17, 15) is 29.7 Å². The molecule has 4 fully saturated rings. The minimum atomic E-state index is -1.34.